The molecule has 1 aliphatic heterocycles. The van der Waals surface area contributed by atoms with Gasteiger partial charge < -0.3 is 10.5 Å². The van der Waals surface area contributed by atoms with Gasteiger partial charge in [0.05, 0.1) is 11.7 Å². The average Bonchev–Trinajstić information content (AvgIpc) is 2.95. The van der Waals surface area contributed by atoms with Crippen LogP contribution in [0.4, 0.5) is 0 Å². The number of nitrogens with zero attached hydrogens (tertiary/aromatic N) is 1. The predicted octanol–water partition coefficient (Wildman–Crippen LogP) is 2.54. The second-order valence-electron chi connectivity index (χ2n) is 6.40. The van der Waals surface area contributed by atoms with Crippen LogP contribution < -0.4 is 5.73 Å². The Hall–Kier alpha value is -0.120. The van der Waals surface area contributed by atoms with Crippen molar-refractivity contribution < 1.29 is 4.74 Å². The highest BCUT2D eigenvalue weighted by atomic mass is 16.5. The summed E-state index contributed by atoms with van der Waals surface area (Å²) in [5.74, 6) is 0. The van der Waals surface area contributed by atoms with Gasteiger partial charge in [0.15, 0.2) is 0 Å². The zero-order valence-electron chi connectivity index (χ0n) is 12.2. The lowest BCUT2D eigenvalue weighted by atomic mass is 9.98. The van der Waals surface area contributed by atoms with Crippen LogP contribution in [0.2, 0.25) is 0 Å². The Morgan fingerprint density at radius 1 is 1.28 bits per heavy atom. The molecule has 18 heavy (non-hydrogen) atoms. The smallest absolute Gasteiger partial charge is 0.0710 e. The van der Waals surface area contributed by atoms with Gasteiger partial charge in [-0.25, -0.2) is 0 Å². The van der Waals surface area contributed by atoms with Crippen LogP contribution in [0.1, 0.15) is 58.8 Å². The van der Waals surface area contributed by atoms with Crippen molar-refractivity contribution in [3.63, 3.8) is 0 Å². The molecule has 0 aromatic carbocycles. The lowest BCUT2D eigenvalue weighted by Gasteiger charge is -2.30. The molecule has 2 aliphatic rings. The summed E-state index contributed by atoms with van der Waals surface area (Å²) >= 11 is 0. The molecule has 1 aliphatic carbocycles. The van der Waals surface area contributed by atoms with Gasteiger partial charge in [-0.2, -0.15) is 0 Å². The molecule has 0 bridgehead atoms. The average molecular weight is 254 g/mol. The van der Waals surface area contributed by atoms with E-state index in [1.54, 1.807) is 0 Å². The minimum absolute atomic E-state index is 0.279. The first kappa shape index (κ1) is 14.3. The van der Waals surface area contributed by atoms with Gasteiger partial charge in [0.1, 0.15) is 0 Å². The Balaban J connectivity index is 1.81. The molecule has 1 saturated heterocycles. The third-order valence-electron chi connectivity index (χ3n) is 4.67. The van der Waals surface area contributed by atoms with E-state index >= 15 is 0 Å². The summed E-state index contributed by atoms with van der Waals surface area (Å²) in [4.78, 5) is 2.53. The van der Waals surface area contributed by atoms with Crippen LogP contribution in [0.5, 0.6) is 0 Å². The van der Waals surface area contributed by atoms with Gasteiger partial charge in [-0.1, -0.05) is 12.8 Å². The number of rotatable bonds is 6. The normalized spacial score (nSPS) is 26.8. The van der Waals surface area contributed by atoms with Crippen molar-refractivity contribution in [3.05, 3.63) is 0 Å². The van der Waals surface area contributed by atoms with Crippen molar-refractivity contribution in [1.82, 2.24) is 4.90 Å². The Bertz CT molecular complexity index is 249. The lowest BCUT2D eigenvalue weighted by Crippen LogP contribution is -2.39. The molecule has 2 N–H and O–H groups in total. The van der Waals surface area contributed by atoms with Crippen LogP contribution in [0.25, 0.3) is 0 Å². The third kappa shape index (κ3) is 3.46. The molecule has 1 heterocycles. The lowest BCUT2D eigenvalue weighted by molar-refractivity contribution is -0.0501. The molecular formula is C15H30N2O. The summed E-state index contributed by atoms with van der Waals surface area (Å²) < 4.78 is 6.40. The zero-order chi connectivity index (χ0) is 13.0. The molecule has 106 valence electrons. The van der Waals surface area contributed by atoms with Gasteiger partial charge in [0.2, 0.25) is 0 Å². The van der Waals surface area contributed by atoms with Crippen molar-refractivity contribution >= 4 is 0 Å². The van der Waals surface area contributed by atoms with Gasteiger partial charge in [-0.3, -0.25) is 4.90 Å². The fraction of sp³-hybridized carbons (Fsp3) is 1.00. The van der Waals surface area contributed by atoms with Crippen LogP contribution in [-0.2, 0) is 4.74 Å². The standard InChI is InChI=1S/C15H30N2O/c1-13(2)17(11-5-10-16)12-14-6-9-15(18-14)7-3-4-8-15/h13-14H,3-12,16H2,1-2H3. The van der Waals surface area contributed by atoms with Crippen LogP contribution in [0, 0.1) is 0 Å². The predicted molar refractivity (Wildman–Crippen MR) is 75.7 cm³/mol. The van der Waals surface area contributed by atoms with Crippen LogP contribution in [0.3, 0.4) is 0 Å². The maximum absolute atomic E-state index is 6.40. The molecule has 1 atom stereocenters. The quantitative estimate of drug-likeness (QED) is 0.791. The molecule has 3 heteroatoms. The SMILES string of the molecule is CC(C)N(CCCN)CC1CCC2(CCCC2)O1. The Morgan fingerprint density at radius 3 is 2.61 bits per heavy atom. The number of ether oxygens (including phenoxy) is 1. The summed E-state index contributed by atoms with van der Waals surface area (Å²) in [6, 6.07) is 0.597. The fourth-order valence-electron chi connectivity index (χ4n) is 3.53. The highest BCUT2D eigenvalue weighted by molar-refractivity contribution is 4.93. The summed E-state index contributed by atoms with van der Waals surface area (Å²) in [5, 5.41) is 0. The topological polar surface area (TPSA) is 38.5 Å². The molecule has 1 unspecified atom stereocenters. The molecule has 2 rings (SSSR count). The van der Waals surface area contributed by atoms with E-state index in [-0.39, 0.29) is 5.60 Å². The Kier molecular flexibility index (Phi) is 5.05. The van der Waals surface area contributed by atoms with Crippen LogP contribution in [-0.4, -0.2) is 42.3 Å². The third-order valence-corrected chi connectivity index (χ3v) is 4.67. The monoisotopic (exact) mass is 254 g/mol. The number of hydrogen-bond acceptors (Lipinski definition) is 3. The van der Waals surface area contributed by atoms with E-state index in [1.807, 2.05) is 0 Å². The second-order valence-corrected chi connectivity index (χ2v) is 6.40. The number of hydrogen-bond donors (Lipinski definition) is 1. The molecule has 0 radical (unpaired) electrons. The van der Waals surface area contributed by atoms with Crippen molar-refractivity contribution in [2.24, 2.45) is 5.73 Å². The van der Waals surface area contributed by atoms with Crippen molar-refractivity contribution in [2.75, 3.05) is 19.6 Å². The summed E-state index contributed by atoms with van der Waals surface area (Å²) in [6.07, 6.45) is 9.44. The van der Waals surface area contributed by atoms with E-state index in [0.29, 0.717) is 12.1 Å². The van der Waals surface area contributed by atoms with E-state index in [4.69, 9.17) is 10.5 Å². The molecule has 2 fully saturated rings. The second kappa shape index (κ2) is 6.36. The van der Waals surface area contributed by atoms with Gasteiger partial charge in [-0.05, 0) is 59.0 Å². The van der Waals surface area contributed by atoms with Crippen molar-refractivity contribution in [3.8, 4) is 0 Å². The Morgan fingerprint density at radius 2 is 2.00 bits per heavy atom. The molecule has 3 nitrogen and oxygen atoms in total. The summed E-state index contributed by atoms with van der Waals surface area (Å²) in [5.41, 5.74) is 5.90. The highest BCUT2D eigenvalue weighted by Gasteiger charge is 2.42. The van der Waals surface area contributed by atoms with Gasteiger partial charge in [0.25, 0.3) is 0 Å². The first-order chi connectivity index (χ1) is 8.65. The minimum Gasteiger partial charge on any atom is -0.370 e. The first-order valence-corrected chi connectivity index (χ1v) is 7.77. The van der Waals surface area contributed by atoms with E-state index in [2.05, 4.69) is 18.7 Å². The highest BCUT2D eigenvalue weighted by Crippen LogP contribution is 2.43. The Labute approximate surface area is 112 Å². The zero-order valence-corrected chi connectivity index (χ0v) is 12.2. The first-order valence-electron chi connectivity index (χ1n) is 7.77. The van der Waals surface area contributed by atoms with E-state index < -0.39 is 0 Å². The summed E-state index contributed by atoms with van der Waals surface area (Å²) in [7, 11) is 0. The van der Waals surface area contributed by atoms with Crippen molar-refractivity contribution in [1.29, 1.82) is 0 Å². The molecule has 1 spiro atoms. The molecule has 0 amide bonds. The summed E-state index contributed by atoms with van der Waals surface area (Å²) in [6.45, 7) is 7.55. The minimum atomic E-state index is 0.279. The van der Waals surface area contributed by atoms with Crippen LogP contribution >= 0.6 is 0 Å². The largest absolute Gasteiger partial charge is 0.370 e. The molecular weight excluding hydrogens is 224 g/mol. The van der Waals surface area contributed by atoms with Gasteiger partial charge in [-0.15, -0.1) is 0 Å². The van der Waals surface area contributed by atoms with Crippen molar-refractivity contribution in [2.45, 2.75) is 76.5 Å². The fourth-order valence-corrected chi connectivity index (χ4v) is 3.53. The molecule has 1 saturated carbocycles. The molecule has 0 aromatic heterocycles. The van der Waals surface area contributed by atoms with E-state index in [9.17, 15) is 0 Å². The van der Waals surface area contributed by atoms with Gasteiger partial charge >= 0.3 is 0 Å². The van der Waals surface area contributed by atoms with E-state index in [1.165, 1.54) is 38.5 Å². The molecule has 0 aromatic rings. The maximum Gasteiger partial charge on any atom is 0.0710 e. The maximum atomic E-state index is 6.40. The van der Waals surface area contributed by atoms with Crippen LogP contribution in [0.15, 0.2) is 0 Å². The van der Waals surface area contributed by atoms with E-state index in [0.717, 1.165) is 26.1 Å². The van der Waals surface area contributed by atoms with Gasteiger partial charge in [0, 0.05) is 12.6 Å². The number of nitrogens with two attached hydrogens (primary N) is 1.